The number of aromatic nitrogens is 4. The molecule has 7 nitrogen and oxygen atoms in total. The van der Waals surface area contributed by atoms with Crippen LogP contribution in [0.5, 0.6) is 0 Å². The van der Waals surface area contributed by atoms with Gasteiger partial charge in [0.2, 0.25) is 0 Å². The molecule has 1 aliphatic heterocycles. The number of nitrogens with zero attached hydrogens (tertiary/aromatic N) is 5. The van der Waals surface area contributed by atoms with Crippen molar-refractivity contribution in [1.82, 2.24) is 24.7 Å². The predicted molar refractivity (Wildman–Crippen MR) is 136 cm³/mol. The number of imidazole rings is 1. The molecule has 4 heterocycles. The molecule has 0 bridgehead atoms. The van der Waals surface area contributed by atoms with Gasteiger partial charge < -0.3 is 10.2 Å². The molecule has 2 aliphatic rings. The fraction of sp³-hybridized carbons (Fsp3) is 0.333. The average Bonchev–Trinajstić information content (AvgIpc) is 3.20. The van der Waals surface area contributed by atoms with Crippen molar-refractivity contribution in [2.75, 3.05) is 18.0 Å². The van der Waals surface area contributed by atoms with E-state index in [9.17, 15) is 4.79 Å². The lowest BCUT2D eigenvalue weighted by Crippen LogP contribution is -2.62. The van der Waals surface area contributed by atoms with Gasteiger partial charge in [-0.05, 0) is 48.4 Å². The lowest BCUT2D eigenvalue weighted by Gasteiger charge is -2.59. The Kier molecular flexibility index (Phi) is 5.44. The Morgan fingerprint density at radius 3 is 2.66 bits per heavy atom. The van der Waals surface area contributed by atoms with E-state index in [1.165, 1.54) is 18.4 Å². The van der Waals surface area contributed by atoms with E-state index in [0.29, 0.717) is 35.0 Å². The molecule has 0 radical (unpaired) electrons. The summed E-state index contributed by atoms with van der Waals surface area (Å²) in [6.07, 6.45) is 10.2. The Labute approximate surface area is 209 Å². The van der Waals surface area contributed by atoms with E-state index in [0.717, 1.165) is 35.8 Å². The van der Waals surface area contributed by atoms with Crippen molar-refractivity contribution in [2.24, 2.45) is 5.41 Å². The third-order valence-corrected chi connectivity index (χ3v) is 7.62. The first-order valence-electron chi connectivity index (χ1n) is 12.1. The lowest BCUT2D eigenvalue weighted by atomic mass is 9.56. The molecule has 6 rings (SSSR count). The first-order chi connectivity index (χ1) is 17.0. The number of fused-ring (bicyclic) bond motifs is 1. The van der Waals surface area contributed by atoms with Gasteiger partial charge in [-0.25, -0.2) is 9.97 Å². The van der Waals surface area contributed by atoms with E-state index in [4.69, 9.17) is 11.6 Å². The number of hydrogen-bond acceptors (Lipinski definition) is 5. The van der Waals surface area contributed by atoms with Gasteiger partial charge in [-0.2, -0.15) is 0 Å². The second-order valence-corrected chi connectivity index (χ2v) is 10.2. The number of halogens is 1. The quantitative estimate of drug-likeness (QED) is 0.429. The third kappa shape index (κ3) is 4.04. The van der Waals surface area contributed by atoms with Gasteiger partial charge >= 0.3 is 0 Å². The van der Waals surface area contributed by atoms with Crippen LogP contribution >= 0.6 is 11.6 Å². The second-order valence-electron chi connectivity index (χ2n) is 9.79. The van der Waals surface area contributed by atoms with Crippen LogP contribution in [0.4, 0.5) is 5.82 Å². The van der Waals surface area contributed by atoms with Gasteiger partial charge in [0.1, 0.15) is 17.2 Å². The van der Waals surface area contributed by atoms with E-state index < -0.39 is 0 Å². The highest BCUT2D eigenvalue weighted by Crippen LogP contribution is 2.56. The molecule has 1 spiro atoms. The zero-order valence-corrected chi connectivity index (χ0v) is 20.4. The summed E-state index contributed by atoms with van der Waals surface area (Å²) in [6, 6.07) is 12.3. The van der Waals surface area contributed by atoms with Gasteiger partial charge in [-0.1, -0.05) is 42.8 Å². The van der Waals surface area contributed by atoms with E-state index in [-0.39, 0.29) is 5.91 Å². The van der Waals surface area contributed by atoms with E-state index in [1.54, 1.807) is 29.1 Å². The Hall–Kier alpha value is -3.45. The van der Waals surface area contributed by atoms with Crippen LogP contribution in [0.25, 0.3) is 5.65 Å². The number of nitrogens with one attached hydrogen (secondary N) is 1. The summed E-state index contributed by atoms with van der Waals surface area (Å²) in [5.74, 6) is 1.45. The molecule has 2 fully saturated rings. The van der Waals surface area contributed by atoms with Crippen molar-refractivity contribution in [3.05, 3.63) is 88.7 Å². The second kappa shape index (κ2) is 8.64. The van der Waals surface area contributed by atoms with E-state index >= 15 is 0 Å². The van der Waals surface area contributed by atoms with Crippen molar-refractivity contribution in [1.29, 1.82) is 0 Å². The van der Waals surface area contributed by atoms with Crippen LogP contribution < -0.4 is 10.2 Å². The normalized spacial score (nSPS) is 16.8. The maximum absolute atomic E-state index is 13.0. The molecule has 0 unspecified atom stereocenters. The number of aryl methyl sites for hydroxylation is 1. The highest BCUT2D eigenvalue weighted by Gasteiger charge is 2.52. The molecule has 8 heteroatoms. The van der Waals surface area contributed by atoms with Gasteiger partial charge in [0, 0.05) is 43.6 Å². The summed E-state index contributed by atoms with van der Waals surface area (Å²) in [7, 11) is 0. The van der Waals surface area contributed by atoms with E-state index in [2.05, 4.69) is 49.4 Å². The maximum atomic E-state index is 13.0. The van der Waals surface area contributed by atoms with Crippen LogP contribution in [-0.4, -0.2) is 38.3 Å². The number of pyridine rings is 1. The Morgan fingerprint density at radius 1 is 1.14 bits per heavy atom. The average molecular weight is 487 g/mol. The molecule has 1 N–H and O–H groups in total. The largest absolute Gasteiger partial charge is 0.354 e. The molecule has 35 heavy (non-hydrogen) atoms. The van der Waals surface area contributed by atoms with Crippen molar-refractivity contribution in [3.63, 3.8) is 0 Å². The van der Waals surface area contributed by atoms with Crippen molar-refractivity contribution >= 4 is 29.0 Å². The zero-order valence-electron chi connectivity index (χ0n) is 19.6. The minimum absolute atomic E-state index is 0.140. The first-order valence-corrected chi connectivity index (χ1v) is 12.5. The van der Waals surface area contributed by atoms with Gasteiger partial charge in [-0.3, -0.25) is 14.2 Å². The smallest absolute Gasteiger partial charge is 0.270 e. The van der Waals surface area contributed by atoms with Gasteiger partial charge in [-0.15, -0.1) is 0 Å². The topological polar surface area (TPSA) is 75.4 Å². The van der Waals surface area contributed by atoms with Gasteiger partial charge in [0.25, 0.3) is 5.91 Å². The number of hydrogen-bond donors (Lipinski definition) is 1. The van der Waals surface area contributed by atoms with Crippen LogP contribution in [0.15, 0.2) is 61.2 Å². The van der Waals surface area contributed by atoms with Crippen LogP contribution in [-0.2, 0) is 13.0 Å². The highest BCUT2D eigenvalue weighted by molar-refractivity contribution is 6.30. The molecule has 1 aliphatic carbocycles. The molecular weight excluding hydrogens is 460 g/mol. The van der Waals surface area contributed by atoms with Crippen LogP contribution in [0.2, 0.25) is 5.02 Å². The monoisotopic (exact) mass is 486 g/mol. The van der Waals surface area contributed by atoms with Gasteiger partial charge in [0.15, 0.2) is 0 Å². The van der Waals surface area contributed by atoms with Crippen LogP contribution in [0.1, 0.15) is 53.0 Å². The molecule has 1 aromatic carbocycles. The van der Waals surface area contributed by atoms with Crippen molar-refractivity contribution in [2.45, 2.75) is 38.6 Å². The van der Waals surface area contributed by atoms with E-state index in [1.807, 2.05) is 19.2 Å². The Bertz CT molecular complexity index is 1370. The van der Waals surface area contributed by atoms with Crippen LogP contribution in [0.3, 0.4) is 0 Å². The van der Waals surface area contributed by atoms with Crippen molar-refractivity contribution in [3.8, 4) is 0 Å². The molecule has 3 aromatic heterocycles. The molecule has 178 valence electrons. The minimum Gasteiger partial charge on any atom is -0.354 e. The zero-order chi connectivity index (χ0) is 24.0. The fourth-order valence-corrected chi connectivity index (χ4v) is 5.75. The number of amides is 1. The molecule has 1 saturated heterocycles. The summed E-state index contributed by atoms with van der Waals surface area (Å²) in [4.78, 5) is 28.5. The summed E-state index contributed by atoms with van der Waals surface area (Å²) in [5.41, 5.74) is 4.95. The summed E-state index contributed by atoms with van der Waals surface area (Å²) < 4.78 is 1.78. The standard InChI is InChI=1S/C27H27ClN6O/c1-2-22-25(34-15-21(28)7-8-23(34)32-22)26(35)31-13-18-3-5-19(6-4-18)20-11-27(12-20)16-33(17-27)24-14-29-9-10-30-24/h3-10,14-15,20H,2,11-13,16-17H2,1H3,(H,31,35). The number of carbonyl (C=O) groups excluding carboxylic acids is 1. The Morgan fingerprint density at radius 2 is 1.94 bits per heavy atom. The summed E-state index contributed by atoms with van der Waals surface area (Å²) in [5, 5.41) is 3.63. The maximum Gasteiger partial charge on any atom is 0.270 e. The molecule has 4 aromatic rings. The fourth-order valence-electron chi connectivity index (χ4n) is 5.59. The minimum atomic E-state index is -0.140. The summed E-state index contributed by atoms with van der Waals surface area (Å²) in [6.45, 7) is 4.61. The number of carbonyl (C=O) groups is 1. The predicted octanol–water partition coefficient (Wildman–Crippen LogP) is 4.65. The third-order valence-electron chi connectivity index (χ3n) is 7.39. The molecule has 1 amide bonds. The van der Waals surface area contributed by atoms with Crippen LogP contribution in [0, 0.1) is 5.41 Å². The number of benzene rings is 1. The van der Waals surface area contributed by atoms with Gasteiger partial charge in [0.05, 0.1) is 16.9 Å². The SMILES string of the molecule is CCc1nc2ccc(Cl)cn2c1C(=O)NCc1ccc(C2CC3(C2)CN(c2cnccn2)C3)cc1. The lowest BCUT2D eigenvalue weighted by molar-refractivity contribution is 0.0626. The molecule has 1 saturated carbocycles. The first kappa shape index (κ1) is 22.0. The number of anilines is 1. The molecule has 0 atom stereocenters. The number of rotatable bonds is 6. The molecular formula is C27H27ClN6O. The highest BCUT2D eigenvalue weighted by atomic mass is 35.5. The summed E-state index contributed by atoms with van der Waals surface area (Å²) >= 11 is 6.16. The van der Waals surface area contributed by atoms with Crippen molar-refractivity contribution < 1.29 is 4.79 Å². The Balaban J connectivity index is 1.05.